The number of carbonyl (C=O) groups excluding carboxylic acids is 1. The molecule has 1 N–H and O–H groups in total. The number of nitrogens with zero attached hydrogens (tertiary/aromatic N) is 1. The number of carboxylic acid groups (broad SMARTS) is 1. The lowest BCUT2D eigenvalue weighted by Crippen LogP contribution is -2.36. The molecule has 0 aliphatic heterocycles. The Morgan fingerprint density at radius 3 is 2.23 bits per heavy atom. The zero-order valence-electron chi connectivity index (χ0n) is 20.2. The van der Waals surface area contributed by atoms with Crippen molar-refractivity contribution in [3.8, 4) is 23.0 Å². The molecule has 1 atom stereocenters. The molecule has 0 radical (unpaired) electrons. The largest absolute Gasteiger partial charge is 0.497 e. The van der Waals surface area contributed by atoms with Crippen molar-refractivity contribution in [3.05, 3.63) is 83.4 Å². The van der Waals surface area contributed by atoms with E-state index in [4.69, 9.17) is 18.9 Å². The second-order valence-electron chi connectivity index (χ2n) is 7.72. The third kappa shape index (κ3) is 6.03. The number of para-hydroxylation sites is 1. The third-order valence-corrected chi connectivity index (χ3v) is 5.67. The minimum Gasteiger partial charge on any atom is -0.497 e. The summed E-state index contributed by atoms with van der Waals surface area (Å²) >= 11 is 0. The third-order valence-electron chi connectivity index (χ3n) is 5.67. The lowest BCUT2D eigenvalue weighted by Gasteiger charge is -2.30. The summed E-state index contributed by atoms with van der Waals surface area (Å²) in [4.78, 5) is 26.8. The number of hydrogen-bond donors (Lipinski definition) is 1. The highest BCUT2D eigenvalue weighted by molar-refractivity contribution is 5.92. The first-order chi connectivity index (χ1) is 16.9. The van der Waals surface area contributed by atoms with Crippen LogP contribution in [-0.4, -0.2) is 49.8 Å². The highest BCUT2D eigenvalue weighted by Gasteiger charge is 2.25. The number of methoxy groups -OCH3 is 3. The Morgan fingerprint density at radius 1 is 0.886 bits per heavy atom. The molecule has 0 bridgehead atoms. The predicted molar refractivity (Wildman–Crippen MR) is 130 cm³/mol. The van der Waals surface area contributed by atoms with Gasteiger partial charge in [0.25, 0.3) is 5.91 Å². The fourth-order valence-electron chi connectivity index (χ4n) is 3.73. The summed E-state index contributed by atoms with van der Waals surface area (Å²) in [6, 6.07) is 19.3. The van der Waals surface area contributed by atoms with E-state index in [1.54, 1.807) is 43.4 Å². The van der Waals surface area contributed by atoms with Gasteiger partial charge in [0.05, 0.1) is 33.9 Å². The van der Waals surface area contributed by atoms with Crippen molar-refractivity contribution in [2.24, 2.45) is 0 Å². The number of aromatic carboxylic acids is 1. The van der Waals surface area contributed by atoms with Crippen LogP contribution in [-0.2, 0) is 11.3 Å². The van der Waals surface area contributed by atoms with Crippen LogP contribution >= 0.6 is 0 Å². The molecule has 0 heterocycles. The van der Waals surface area contributed by atoms with E-state index >= 15 is 0 Å². The van der Waals surface area contributed by atoms with Crippen molar-refractivity contribution in [1.82, 2.24) is 4.90 Å². The highest BCUT2D eigenvalue weighted by Crippen LogP contribution is 2.32. The normalized spacial score (nSPS) is 11.3. The molecular weight excluding hydrogens is 450 g/mol. The Kier molecular flexibility index (Phi) is 8.56. The van der Waals surface area contributed by atoms with Gasteiger partial charge in [0.15, 0.2) is 18.1 Å². The van der Waals surface area contributed by atoms with E-state index < -0.39 is 5.97 Å². The van der Waals surface area contributed by atoms with Crippen molar-refractivity contribution in [2.75, 3.05) is 27.9 Å². The van der Waals surface area contributed by atoms with Crippen molar-refractivity contribution in [1.29, 1.82) is 0 Å². The van der Waals surface area contributed by atoms with E-state index in [1.807, 2.05) is 43.3 Å². The molecule has 3 rings (SSSR count). The number of ether oxygens (including phenoxy) is 4. The van der Waals surface area contributed by atoms with Crippen molar-refractivity contribution in [3.63, 3.8) is 0 Å². The maximum absolute atomic E-state index is 13.5. The predicted octanol–water partition coefficient (Wildman–Crippen LogP) is 4.58. The number of rotatable bonds is 11. The fraction of sp³-hybridized carbons (Fsp3) is 0.259. The monoisotopic (exact) mass is 479 g/mol. The van der Waals surface area contributed by atoms with Gasteiger partial charge in [-0.15, -0.1) is 0 Å². The summed E-state index contributed by atoms with van der Waals surface area (Å²) < 4.78 is 21.8. The molecule has 0 saturated heterocycles. The van der Waals surface area contributed by atoms with Gasteiger partial charge in [0.2, 0.25) is 0 Å². The van der Waals surface area contributed by atoms with E-state index in [0.717, 1.165) is 11.1 Å². The fourth-order valence-corrected chi connectivity index (χ4v) is 3.73. The lowest BCUT2D eigenvalue weighted by molar-refractivity contribution is -0.136. The average molecular weight is 480 g/mol. The summed E-state index contributed by atoms with van der Waals surface area (Å²) in [6.07, 6.45) is 0. The van der Waals surface area contributed by atoms with Crippen LogP contribution in [0.4, 0.5) is 0 Å². The summed E-state index contributed by atoms with van der Waals surface area (Å²) in [5.74, 6) is -0.0471. The molecule has 0 spiro atoms. The van der Waals surface area contributed by atoms with Crippen LogP contribution in [0.3, 0.4) is 0 Å². The quantitative estimate of drug-likeness (QED) is 0.430. The molecule has 184 valence electrons. The van der Waals surface area contributed by atoms with Gasteiger partial charge in [0.1, 0.15) is 17.1 Å². The topological polar surface area (TPSA) is 94.5 Å². The van der Waals surface area contributed by atoms with Gasteiger partial charge >= 0.3 is 5.97 Å². The Bertz CT molecular complexity index is 1160. The average Bonchev–Trinajstić information content (AvgIpc) is 2.90. The van der Waals surface area contributed by atoms with Crippen molar-refractivity contribution in [2.45, 2.75) is 19.5 Å². The highest BCUT2D eigenvalue weighted by atomic mass is 16.5. The molecule has 0 aromatic heterocycles. The van der Waals surface area contributed by atoms with E-state index in [0.29, 0.717) is 11.5 Å². The first kappa shape index (κ1) is 25.4. The van der Waals surface area contributed by atoms with Crippen LogP contribution in [0.5, 0.6) is 23.0 Å². The second kappa shape index (κ2) is 11.8. The van der Waals surface area contributed by atoms with Crippen LogP contribution in [0.15, 0.2) is 66.7 Å². The van der Waals surface area contributed by atoms with Crippen LogP contribution in [0, 0.1) is 0 Å². The number of amides is 1. The van der Waals surface area contributed by atoms with Crippen LogP contribution in [0.1, 0.15) is 34.5 Å². The standard InChI is InChI=1S/C27H29NO7/c1-18(19-9-6-5-7-10-19)28(16-20-13-14-21(32-2)15-24(20)34-4)25(29)17-35-26-22(27(30)31)11-8-12-23(26)33-3/h5-15,18H,16-17H2,1-4H3,(H,30,31)/t18-/m1/s1. The van der Waals surface area contributed by atoms with Gasteiger partial charge < -0.3 is 29.0 Å². The molecule has 0 aliphatic rings. The molecule has 0 unspecified atom stereocenters. The lowest BCUT2D eigenvalue weighted by atomic mass is 10.1. The number of benzene rings is 3. The number of carbonyl (C=O) groups is 2. The minimum absolute atomic E-state index is 0.00481. The molecule has 3 aromatic carbocycles. The summed E-state index contributed by atoms with van der Waals surface area (Å²) in [5.41, 5.74) is 1.64. The zero-order valence-corrected chi connectivity index (χ0v) is 20.2. The molecular formula is C27H29NO7. The Morgan fingerprint density at radius 2 is 1.60 bits per heavy atom. The van der Waals surface area contributed by atoms with Crippen LogP contribution < -0.4 is 18.9 Å². The number of hydrogen-bond acceptors (Lipinski definition) is 6. The van der Waals surface area contributed by atoms with E-state index in [1.165, 1.54) is 13.2 Å². The molecule has 8 nitrogen and oxygen atoms in total. The SMILES string of the molecule is COc1ccc(CN(C(=O)COc2c(OC)cccc2C(=O)O)[C@H](C)c2ccccc2)c(OC)c1. The smallest absolute Gasteiger partial charge is 0.339 e. The Balaban J connectivity index is 1.92. The van der Waals surface area contributed by atoms with E-state index in [2.05, 4.69) is 0 Å². The van der Waals surface area contributed by atoms with Crippen molar-refractivity contribution >= 4 is 11.9 Å². The summed E-state index contributed by atoms with van der Waals surface area (Å²) in [6.45, 7) is 1.79. The van der Waals surface area contributed by atoms with Gasteiger partial charge in [-0.1, -0.05) is 36.4 Å². The maximum Gasteiger partial charge on any atom is 0.339 e. The Labute approximate surface area is 204 Å². The second-order valence-corrected chi connectivity index (χ2v) is 7.72. The van der Waals surface area contributed by atoms with Gasteiger partial charge in [-0.3, -0.25) is 4.79 Å². The van der Waals surface area contributed by atoms with Crippen molar-refractivity contribution < 1.29 is 33.6 Å². The van der Waals surface area contributed by atoms with Gasteiger partial charge in [-0.25, -0.2) is 4.79 Å². The molecule has 1 amide bonds. The first-order valence-corrected chi connectivity index (χ1v) is 11.0. The zero-order chi connectivity index (χ0) is 25.4. The molecule has 8 heteroatoms. The van der Waals surface area contributed by atoms with Crippen LogP contribution in [0.25, 0.3) is 0 Å². The Hall–Kier alpha value is -4.20. The van der Waals surface area contributed by atoms with E-state index in [-0.39, 0.29) is 42.2 Å². The van der Waals surface area contributed by atoms with Gasteiger partial charge in [0, 0.05) is 11.6 Å². The first-order valence-electron chi connectivity index (χ1n) is 11.0. The molecule has 0 saturated carbocycles. The van der Waals surface area contributed by atoms with Crippen LogP contribution in [0.2, 0.25) is 0 Å². The van der Waals surface area contributed by atoms with E-state index in [9.17, 15) is 14.7 Å². The van der Waals surface area contributed by atoms with Gasteiger partial charge in [-0.2, -0.15) is 0 Å². The molecule has 35 heavy (non-hydrogen) atoms. The minimum atomic E-state index is -1.18. The molecule has 0 fully saturated rings. The number of carboxylic acids is 1. The molecule has 0 aliphatic carbocycles. The summed E-state index contributed by atoms with van der Waals surface area (Å²) in [7, 11) is 4.54. The molecule has 3 aromatic rings. The maximum atomic E-state index is 13.5. The summed E-state index contributed by atoms with van der Waals surface area (Å²) in [5, 5.41) is 9.54. The van der Waals surface area contributed by atoms with Gasteiger partial charge in [-0.05, 0) is 36.8 Å².